The molecule has 0 bridgehead atoms. The predicted octanol–water partition coefficient (Wildman–Crippen LogP) is 3.54. The van der Waals surface area contributed by atoms with Crippen molar-refractivity contribution in [3.05, 3.63) is 88.8 Å². The molecule has 2 heterocycles. The second kappa shape index (κ2) is 8.16. The van der Waals surface area contributed by atoms with E-state index in [9.17, 15) is 9.59 Å². The van der Waals surface area contributed by atoms with Crippen LogP contribution in [-0.2, 0) is 11.3 Å². The van der Waals surface area contributed by atoms with E-state index in [0.717, 1.165) is 16.8 Å². The highest BCUT2D eigenvalue weighted by Gasteiger charge is 2.15. The number of likely N-dealkylation sites (N-methyl/N-ethyl adjacent to an activating group) is 1. The third kappa shape index (κ3) is 4.05. The monoisotopic (exact) mass is 400 g/mol. The van der Waals surface area contributed by atoms with E-state index in [1.165, 1.54) is 15.5 Å². The van der Waals surface area contributed by atoms with Gasteiger partial charge in [-0.25, -0.2) is 0 Å². The SMILES string of the molecule is Cc1ccc(-c2noc(-c3ccc(=O)n(CC(=O)N(C)c4ccccc4)c3)n2)cc1. The van der Waals surface area contributed by atoms with Crippen LogP contribution in [0.4, 0.5) is 5.69 Å². The lowest BCUT2D eigenvalue weighted by molar-refractivity contribution is -0.118. The number of carbonyl (C=O) groups is 1. The molecule has 4 rings (SSSR count). The number of hydrogen-bond acceptors (Lipinski definition) is 5. The van der Waals surface area contributed by atoms with Crippen molar-refractivity contribution in [2.75, 3.05) is 11.9 Å². The lowest BCUT2D eigenvalue weighted by atomic mass is 10.1. The van der Waals surface area contributed by atoms with Gasteiger partial charge in [-0.15, -0.1) is 0 Å². The molecule has 0 fully saturated rings. The quantitative estimate of drug-likeness (QED) is 0.512. The summed E-state index contributed by atoms with van der Waals surface area (Å²) in [6.45, 7) is 1.90. The van der Waals surface area contributed by atoms with Crippen LogP contribution in [0.25, 0.3) is 22.8 Å². The highest BCUT2D eigenvalue weighted by atomic mass is 16.5. The average Bonchev–Trinajstić information content (AvgIpc) is 3.26. The summed E-state index contributed by atoms with van der Waals surface area (Å²) in [5, 5.41) is 4.02. The number of nitrogens with zero attached hydrogens (tertiary/aromatic N) is 4. The number of para-hydroxylation sites is 1. The summed E-state index contributed by atoms with van der Waals surface area (Å²) >= 11 is 0. The van der Waals surface area contributed by atoms with Gasteiger partial charge < -0.3 is 14.0 Å². The van der Waals surface area contributed by atoms with E-state index in [2.05, 4.69) is 10.1 Å². The van der Waals surface area contributed by atoms with Crippen molar-refractivity contribution < 1.29 is 9.32 Å². The molecule has 0 saturated heterocycles. The topological polar surface area (TPSA) is 81.2 Å². The Hall–Kier alpha value is -4.00. The van der Waals surface area contributed by atoms with Crippen molar-refractivity contribution in [2.24, 2.45) is 0 Å². The lowest BCUT2D eigenvalue weighted by Crippen LogP contribution is -2.33. The van der Waals surface area contributed by atoms with Gasteiger partial charge in [0.15, 0.2) is 0 Å². The molecule has 4 aromatic rings. The Balaban J connectivity index is 1.57. The molecule has 0 saturated carbocycles. The molecule has 0 radical (unpaired) electrons. The van der Waals surface area contributed by atoms with E-state index in [1.54, 1.807) is 19.3 Å². The number of anilines is 1. The molecule has 30 heavy (non-hydrogen) atoms. The molecule has 0 aliphatic rings. The largest absolute Gasteiger partial charge is 0.334 e. The lowest BCUT2D eigenvalue weighted by Gasteiger charge is -2.18. The molecular weight excluding hydrogens is 380 g/mol. The number of rotatable bonds is 5. The highest BCUT2D eigenvalue weighted by molar-refractivity contribution is 5.92. The van der Waals surface area contributed by atoms with Crippen LogP contribution in [0.5, 0.6) is 0 Å². The molecule has 0 N–H and O–H groups in total. The predicted molar refractivity (Wildman–Crippen MR) is 114 cm³/mol. The minimum atomic E-state index is -0.285. The van der Waals surface area contributed by atoms with Gasteiger partial charge in [0.2, 0.25) is 11.7 Å². The molecule has 0 spiro atoms. The first-order valence-corrected chi connectivity index (χ1v) is 9.44. The Morgan fingerprint density at radius 2 is 1.70 bits per heavy atom. The fourth-order valence-electron chi connectivity index (χ4n) is 2.99. The van der Waals surface area contributed by atoms with Crippen LogP contribution in [0, 0.1) is 6.92 Å². The van der Waals surface area contributed by atoms with Gasteiger partial charge in [0.25, 0.3) is 11.4 Å². The van der Waals surface area contributed by atoms with Crippen molar-refractivity contribution in [3.63, 3.8) is 0 Å². The Morgan fingerprint density at radius 3 is 2.43 bits per heavy atom. The molecule has 7 heteroatoms. The van der Waals surface area contributed by atoms with Crippen LogP contribution in [0.2, 0.25) is 0 Å². The zero-order chi connectivity index (χ0) is 21.1. The van der Waals surface area contributed by atoms with Gasteiger partial charge in [0.1, 0.15) is 6.54 Å². The second-order valence-corrected chi connectivity index (χ2v) is 6.96. The smallest absolute Gasteiger partial charge is 0.259 e. The molecule has 7 nitrogen and oxygen atoms in total. The van der Waals surface area contributed by atoms with Gasteiger partial charge in [-0.1, -0.05) is 53.2 Å². The summed E-state index contributed by atoms with van der Waals surface area (Å²) in [4.78, 5) is 30.9. The van der Waals surface area contributed by atoms with E-state index >= 15 is 0 Å². The maximum Gasteiger partial charge on any atom is 0.259 e. The Labute approximate surface area is 173 Å². The van der Waals surface area contributed by atoms with Crippen molar-refractivity contribution in [3.8, 4) is 22.8 Å². The third-order valence-electron chi connectivity index (χ3n) is 4.79. The van der Waals surface area contributed by atoms with E-state index in [0.29, 0.717) is 11.4 Å². The van der Waals surface area contributed by atoms with Crippen LogP contribution < -0.4 is 10.5 Å². The molecule has 0 aliphatic carbocycles. The summed E-state index contributed by atoms with van der Waals surface area (Å²) < 4.78 is 6.72. The number of carbonyl (C=O) groups excluding carboxylic acids is 1. The Bertz CT molecular complexity index is 1230. The average molecular weight is 400 g/mol. The van der Waals surface area contributed by atoms with Gasteiger partial charge in [-0.05, 0) is 25.1 Å². The minimum Gasteiger partial charge on any atom is -0.334 e. The van der Waals surface area contributed by atoms with Gasteiger partial charge in [-0.3, -0.25) is 9.59 Å². The van der Waals surface area contributed by atoms with Gasteiger partial charge in [-0.2, -0.15) is 4.98 Å². The van der Waals surface area contributed by atoms with Gasteiger partial charge in [0.05, 0.1) is 5.56 Å². The van der Waals surface area contributed by atoms with Crippen molar-refractivity contribution in [1.29, 1.82) is 0 Å². The summed E-state index contributed by atoms with van der Waals surface area (Å²) in [7, 11) is 1.68. The van der Waals surface area contributed by atoms with E-state index in [1.807, 2.05) is 61.5 Å². The Kier molecular flexibility index (Phi) is 5.26. The fraction of sp³-hybridized carbons (Fsp3) is 0.130. The molecule has 0 unspecified atom stereocenters. The van der Waals surface area contributed by atoms with Gasteiger partial charge in [0, 0.05) is 30.6 Å². The summed E-state index contributed by atoms with van der Waals surface area (Å²) in [5.74, 6) is 0.525. The number of pyridine rings is 1. The second-order valence-electron chi connectivity index (χ2n) is 6.96. The number of aryl methyl sites for hydroxylation is 1. The zero-order valence-electron chi connectivity index (χ0n) is 16.6. The first-order chi connectivity index (χ1) is 14.5. The van der Waals surface area contributed by atoms with Crippen LogP contribution in [-0.4, -0.2) is 27.7 Å². The van der Waals surface area contributed by atoms with E-state index in [-0.39, 0.29) is 23.9 Å². The molecule has 2 aromatic carbocycles. The molecule has 2 aromatic heterocycles. The first kappa shape index (κ1) is 19.3. The van der Waals surface area contributed by atoms with Crippen molar-refractivity contribution in [1.82, 2.24) is 14.7 Å². The normalized spacial score (nSPS) is 10.7. The molecule has 1 amide bonds. The standard InChI is InChI=1S/C23H20N4O3/c1-16-8-10-17(11-9-16)22-24-23(30-25-22)18-12-13-20(28)27(14-18)15-21(29)26(2)19-6-4-3-5-7-19/h3-14H,15H2,1-2H3. The summed E-state index contributed by atoms with van der Waals surface area (Å²) in [5.41, 5.74) is 3.01. The maximum atomic E-state index is 12.6. The van der Waals surface area contributed by atoms with Crippen LogP contribution in [0.3, 0.4) is 0 Å². The highest BCUT2D eigenvalue weighted by Crippen LogP contribution is 2.22. The number of benzene rings is 2. The van der Waals surface area contributed by atoms with E-state index < -0.39 is 0 Å². The Morgan fingerprint density at radius 1 is 1.00 bits per heavy atom. The zero-order valence-corrected chi connectivity index (χ0v) is 16.6. The maximum absolute atomic E-state index is 12.6. The fourth-order valence-corrected chi connectivity index (χ4v) is 2.99. The number of hydrogen-bond donors (Lipinski definition) is 0. The van der Waals surface area contributed by atoms with Gasteiger partial charge >= 0.3 is 0 Å². The molecule has 0 aliphatic heterocycles. The van der Waals surface area contributed by atoms with Crippen LogP contribution in [0.15, 0.2) is 82.2 Å². The number of aromatic nitrogens is 3. The van der Waals surface area contributed by atoms with Crippen LogP contribution in [0.1, 0.15) is 5.56 Å². The summed E-state index contributed by atoms with van der Waals surface area (Å²) in [6, 6.07) is 20.0. The third-order valence-corrected chi connectivity index (χ3v) is 4.79. The number of amides is 1. The molecule has 150 valence electrons. The summed E-state index contributed by atoms with van der Waals surface area (Å²) in [6.07, 6.45) is 1.56. The van der Waals surface area contributed by atoms with Crippen LogP contribution >= 0.6 is 0 Å². The van der Waals surface area contributed by atoms with Crippen molar-refractivity contribution in [2.45, 2.75) is 13.5 Å². The van der Waals surface area contributed by atoms with E-state index in [4.69, 9.17) is 4.52 Å². The molecule has 0 atom stereocenters. The first-order valence-electron chi connectivity index (χ1n) is 9.44. The minimum absolute atomic E-state index is 0.100. The van der Waals surface area contributed by atoms with Crippen molar-refractivity contribution >= 4 is 11.6 Å². The molecular formula is C23H20N4O3.